The first kappa shape index (κ1) is 21.6. The second kappa shape index (κ2) is 8.59. The molecule has 33 heavy (non-hydrogen) atoms. The summed E-state index contributed by atoms with van der Waals surface area (Å²) >= 11 is 5.86. The highest BCUT2D eigenvalue weighted by Crippen LogP contribution is 2.38. The Morgan fingerprint density at radius 1 is 1.18 bits per heavy atom. The van der Waals surface area contributed by atoms with Crippen molar-refractivity contribution in [3.63, 3.8) is 0 Å². The van der Waals surface area contributed by atoms with Crippen molar-refractivity contribution in [2.45, 2.75) is 44.7 Å². The Kier molecular flexibility index (Phi) is 5.62. The summed E-state index contributed by atoms with van der Waals surface area (Å²) in [4.78, 5) is 31.6. The molecule has 2 heterocycles. The Hall–Kier alpha value is -3.26. The minimum atomic E-state index is -0.517. The SMILES string of the molecule is Cc1ccc(CN2C(=O)NC3CC(c4nc(-c5ccc(F)c(Cl)c5)no4)CCC3C2=O)cc1. The molecule has 170 valence electrons. The van der Waals surface area contributed by atoms with Gasteiger partial charge in [0.1, 0.15) is 5.82 Å². The Balaban J connectivity index is 1.28. The highest BCUT2D eigenvalue weighted by Gasteiger charge is 2.45. The van der Waals surface area contributed by atoms with Gasteiger partial charge in [-0.25, -0.2) is 9.18 Å². The van der Waals surface area contributed by atoms with Crippen molar-refractivity contribution in [3.05, 3.63) is 70.3 Å². The van der Waals surface area contributed by atoms with Crippen LogP contribution in [0.15, 0.2) is 47.0 Å². The van der Waals surface area contributed by atoms with Crippen LogP contribution in [0.3, 0.4) is 0 Å². The number of rotatable bonds is 4. The lowest BCUT2D eigenvalue weighted by Crippen LogP contribution is -2.60. The fourth-order valence-corrected chi connectivity index (χ4v) is 4.75. The molecule has 1 N–H and O–H groups in total. The van der Waals surface area contributed by atoms with Gasteiger partial charge < -0.3 is 9.84 Å². The second-order valence-electron chi connectivity index (χ2n) is 8.67. The quantitative estimate of drug-likeness (QED) is 0.591. The summed E-state index contributed by atoms with van der Waals surface area (Å²) in [6.07, 6.45) is 1.83. The first-order valence-electron chi connectivity index (χ1n) is 10.9. The van der Waals surface area contributed by atoms with E-state index in [1.54, 1.807) is 0 Å². The average molecular weight is 469 g/mol. The maximum atomic E-state index is 13.4. The summed E-state index contributed by atoms with van der Waals surface area (Å²) in [5, 5.41) is 6.99. The third kappa shape index (κ3) is 4.23. The largest absolute Gasteiger partial charge is 0.339 e. The fourth-order valence-electron chi connectivity index (χ4n) is 4.57. The van der Waals surface area contributed by atoms with Crippen LogP contribution in [0.5, 0.6) is 0 Å². The van der Waals surface area contributed by atoms with Crippen molar-refractivity contribution >= 4 is 23.5 Å². The number of hydrogen-bond acceptors (Lipinski definition) is 5. The van der Waals surface area contributed by atoms with Gasteiger partial charge in [0.05, 0.1) is 17.5 Å². The number of aromatic nitrogens is 2. The standard InChI is InChI=1S/C24H22ClFN4O3/c1-13-2-4-14(5-3-13)12-30-23(31)17-8-6-16(11-20(17)27-24(30)32)22-28-21(29-33-22)15-7-9-19(26)18(25)10-15/h2-5,7,9-10,16-17,20H,6,8,11-12H2,1H3,(H,27,32). The van der Waals surface area contributed by atoms with E-state index in [9.17, 15) is 14.0 Å². The molecule has 1 aliphatic carbocycles. The fraction of sp³-hybridized carbons (Fsp3) is 0.333. The van der Waals surface area contributed by atoms with E-state index in [1.807, 2.05) is 31.2 Å². The maximum absolute atomic E-state index is 13.4. The van der Waals surface area contributed by atoms with E-state index in [4.69, 9.17) is 16.1 Å². The summed E-state index contributed by atoms with van der Waals surface area (Å²) < 4.78 is 18.9. The molecule has 1 saturated carbocycles. The van der Waals surface area contributed by atoms with Crippen LogP contribution in [-0.4, -0.2) is 33.0 Å². The molecular weight excluding hydrogens is 447 g/mol. The van der Waals surface area contributed by atoms with E-state index in [2.05, 4.69) is 15.5 Å². The van der Waals surface area contributed by atoms with Crippen LogP contribution < -0.4 is 5.32 Å². The second-order valence-corrected chi connectivity index (χ2v) is 9.07. The van der Waals surface area contributed by atoms with E-state index in [-0.39, 0.29) is 41.4 Å². The zero-order chi connectivity index (χ0) is 23.1. The molecule has 3 aromatic rings. The van der Waals surface area contributed by atoms with Crippen molar-refractivity contribution < 1.29 is 18.5 Å². The molecule has 2 aromatic carbocycles. The zero-order valence-electron chi connectivity index (χ0n) is 17.9. The van der Waals surface area contributed by atoms with E-state index in [0.29, 0.717) is 36.5 Å². The molecule has 5 rings (SSSR count). The van der Waals surface area contributed by atoms with Crippen LogP contribution in [0.25, 0.3) is 11.4 Å². The lowest BCUT2D eigenvalue weighted by atomic mass is 9.76. The predicted molar refractivity (Wildman–Crippen MR) is 119 cm³/mol. The first-order valence-corrected chi connectivity index (χ1v) is 11.2. The molecule has 2 aliphatic rings. The number of fused-ring (bicyclic) bond motifs is 1. The molecule has 9 heteroatoms. The van der Waals surface area contributed by atoms with Gasteiger partial charge in [0.15, 0.2) is 0 Å². The van der Waals surface area contributed by atoms with Crippen molar-refractivity contribution in [1.82, 2.24) is 20.4 Å². The van der Waals surface area contributed by atoms with Crippen molar-refractivity contribution in [3.8, 4) is 11.4 Å². The minimum absolute atomic E-state index is 0.0158. The van der Waals surface area contributed by atoms with Crippen LogP contribution in [0.4, 0.5) is 9.18 Å². The Labute approximate surface area is 194 Å². The van der Waals surface area contributed by atoms with E-state index >= 15 is 0 Å². The average Bonchev–Trinajstić information content (AvgIpc) is 3.30. The zero-order valence-corrected chi connectivity index (χ0v) is 18.7. The molecule has 1 saturated heterocycles. The predicted octanol–water partition coefficient (Wildman–Crippen LogP) is 4.84. The highest BCUT2D eigenvalue weighted by atomic mass is 35.5. The van der Waals surface area contributed by atoms with E-state index < -0.39 is 5.82 Å². The molecular formula is C24H22ClFN4O3. The Morgan fingerprint density at radius 2 is 1.97 bits per heavy atom. The molecule has 3 atom stereocenters. The number of urea groups is 1. The third-order valence-electron chi connectivity index (χ3n) is 6.42. The van der Waals surface area contributed by atoms with Crippen LogP contribution in [0, 0.1) is 18.7 Å². The van der Waals surface area contributed by atoms with Gasteiger partial charge in [-0.1, -0.05) is 46.6 Å². The lowest BCUT2D eigenvalue weighted by molar-refractivity contribution is -0.137. The number of carbonyl (C=O) groups is 2. The van der Waals surface area contributed by atoms with Gasteiger partial charge in [0.2, 0.25) is 17.6 Å². The molecule has 0 bridgehead atoms. The van der Waals surface area contributed by atoms with Crippen LogP contribution in [0.2, 0.25) is 5.02 Å². The Morgan fingerprint density at radius 3 is 2.73 bits per heavy atom. The summed E-state index contributed by atoms with van der Waals surface area (Å²) in [7, 11) is 0. The number of aryl methyl sites for hydroxylation is 1. The molecule has 0 spiro atoms. The van der Waals surface area contributed by atoms with E-state index in [0.717, 1.165) is 11.1 Å². The lowest BCUT2D eigenvalue weighted by Gasteiger charge is -2.41. The summed E-state index contributed by atoms with van der Waals surface area (Å²) in [5.74, 6) is -0.260. The first-order chi connectivity index (χ1) is 15.9. The van der Waals surface area contributed by atoms with Gasteiger partial charge in [-0.3, -0.25) is 9.69 Å². The van der Waals surface area contributed by atoms with Crippen molar-refractivity contribution in [1.29, 1.82) is 0 Å². The number of hydrogen-bond donors (Lipinski definition) is 1. The monoisotopic (exact) mass is 468 g/mol. The van der Waals surface area contributed by atoms with Gasteiger partial charge in [0.25, 0.3) is 0 Å². The number of amides is 3. The van der Waals surface area contributed by atoms with Gasteiger partial charge in [-0.05, 0) is 49.9 Å². The number of benzene rings is 2. The third-order valence-corrected chi connectivity index (χ3v) is 6.71. The van der Waals surface area contributed by atoms with Crippen LogP contribution >= 0.6 is 11.6 Å². The van der Waals surface area contributed by atoms with Crippen LogP contribution in [0.1, 0.15) is 42.2 Å². The smallest absolute Gasteiger partial charge is 0.324 e. The van der Waals surface area contributed by atoms with E-state index in [1.165, 1.54) is 23.1 Å². The topological polar surface area (TPSA) is 88.3 Å². The Bertz CT molecular complexity index is 1210. The summed E-state index contributed by atoms with van der Waals surface area (Å²) in [6, 6.07) is 11.4. The van der Waals surface area contributed by atoms with Gasteiger partial charge in [0, 0.05) is 17.5 Å². The van der Waals surface area contributed by atoms with Gasteiger partial charge in [-0.2, -0.15) is 4.98 Å². The number of carbonyl (C=O) groups excluding carboxylic acids is 2. The van der Waals surface area contributed by atoms with Crippen molar-refractivity contribution in [2.75, 3.05) is 0 Å². The number of imide groups is 1. The molecule has 3 unspecified atom stereocenters. The van der Waals surface area contributed by atoms with Gasteiger partial charge >= 0.3 is 6.03 Å². The molecule has 0 radical (unpaired) electrons. The van der Waals surface area contributed by atoms with Crippen molar-refractivity contribution in [2.24, 2.45) is 5.92 Å². The summed E-state index contributed by atoms with van der Waals surface area (Å²) in [5.41, 5.74) is 2.59. The summed E-state index contributed by atoms with van der Waals surface area (Å²) in [6.45, 7) is 2.25. The molecule has 2 fully saturated rings. The minimum Gasteiger partial charge on any atom is -0.339 e. The molecule has 3 amide bonds. The molecule has 1 aromatic heterocycles. The highest BCUT2D eigenvalue weighted by molar-refractivity contribution is 6.31. The normalized spacial score (nSPS) is 22.8. The number of halogens is 2. The number of nitrogens with zero attached hydrogens (tertiary/aromatic N) is 3. The molecule has 7 nitrogen and oxygen atoms in total. The van der Waals surface area contributed by atoms with Gasteiger partial charge in [-0.15, -0.1) is 0 Å². The maximum Gasteiger partial charge on any atom is 0.324 e. The van der Waals surface area contributed by atoms with Crippen LogP contribution in [-0.2, 0) is 11.3 Å². The molecule has 1 aliphatic heterocycles. The number of nitrogens with one attached hydrogen (secondary N) is 1.